The molecular formula is C26H26N2O3. The van der Waals surface area contributed by atoms with Crippen LogP contribution < -0.4 is 10.1 Å². The summed E-state index contributed by atoms with van der Waals surface area (Å²) in [6.45, 7) is 6.75. The molecule has 3 aromatic rings. The molecule has 1 amide bonds. The fourth-order valence-electron chi connectivity index (χ4n) is 4.39. The number of morpholine rings is 1. The van der Waals surface area contributed by atoms with Gasteiger partial charge >= 0.3 is 0 Å². The maximum Gasteiger partial charge on any atom is 0.256 e. The zero-order valence-electron chi connectivity index (χ0n) is 17.7. The zero-order valence-corrected chi connectivity index (χ0v) is 17.7. The summed E-state index contributed by atoms with van der Waals surface area (Å²) in [4.78, 5) is 15.5. The van der Waals surface area contributed by atoms with Gasteiger partial charge in [-0.05, 0) is 41.0 Å². The summed E-state index contributed by atoms with van der Waals surface area (Å²) in [6, 6.07) is 18.2. The van der Waals surface area contributed by atoms with Crippen LogP contribution in [0.2, 0.25) is 0 Å². The number of carbonyl (C=O) groups is 1. The molecule has 5 rings (SSSR count). The Labute approximate surface area is 182 Å². The molecule has 1 N–H and O–H groups in total. The maximum atomic E-state index is 13.2. The van der Waals surface area contributed by atoms with E-state index in [-0.39, 0.29) is 5.91 Å². The van der Waals surface area contributed by atoms with Crippen LogP contribution in [0, 0.1) is 0 Å². The standard InChI is InChI=1S/C26H26N2O3/c1-2-31-24-16-21(10-9-20(24)17-28-11-13-30-14-12-28)27-26(29)23-15-19-7-3-5-18-6-4-8-22(23)25(18)19/h3-10,15-16H,2,11-14,17H2,1H3,(H,27,29). The third-order valence-corrected chi connectivity index (χ3v) is 5.89. The molecule has 31 heavy (non-hydrogen) atoms. The second-order valence-electron chi connectivity index (χ2n) is 7.91. The van der Waals surface area contributed by atoms with E-state index in [0.29, 0.717) is 12.2 Å². The van der Waals surface area contributed by atoms with Gasteiger partial charge in [0.05, 0.1) is 19.8 Å². The highest BCUT2D eigenvalue weighted by Crippen LogP contribution is 2.37. The smallest absolute Gasteiger partial charge is 0.256 e. The van der Waals surface area contributed by atoms with Crippen molar-refractivity contribution in [2.24, 2.45) is 0 Å². The van der Waals surface area contributed by atoms with E-state index in [2.05, 4.69) is 34.5 Å². The lowest BCUT2D eigenvalue weighted by atomic mass is 10.0. The number of anilines is 1. The predicted octanol–water partition coefficient (Wildman–Crippen LogP) is 4.56. The molecule has 0 bridgehead atoms. The van der Waals surface area contributed by atoms with Crippen molar-refractivity contribution in [2.75, 3.05) is 38.2 Å². The average Bonchev–Trinajstić information content (AvgIpc) is 3.17. The lowest BCUT2D eigenvalue weighted by Crippen LogP contribution is -2.35. The number of nitrogens with zero attached hydrogens (tertiary/aromatic N) is 1. The summed E-state index contributed by atoms with van der Waals surface area (Å²) in [5.41, 5.74) is 4.64. The van der Waals surface area contributed by atoms with Gasteiger partial charge in [0.15, 0.2) is 0 Å². The Bertz CT molecular complexity index is 1160. The van der Waals surface area contributed by atoms with E-state index >= 15 is 0 Å². The van der Waals surface area contributed by atoms with Gasteiger partial charge in [0, 0.05) is 42.5 Å². The van der Waals surface area contributed by atoms with Crippen LogP contribution in [-0.2, 0) is 16.1 Å². The first-order valence-corrected chi connectivity index (χ1v) is 10.8. The number of nitrogens with one attached hydrogen (secondary N) is 1. The van der Waals surface area contributed by atoms with E-state index in [0.717, 1.165) is 71.7 Å². The average molecular weight is 415 g/mol. The molecule has 1 aliphatic heterocycles. The van der Waals surface area contributed by atoms with E-state index in [4.69, 9.17) is 9.47 Å². The van der Waals surface area contributed by atoms with E-state index in [1.165, 1.54) is 0 Å². The van der Waals surface area contributed by atoms with Gasteiger partial charge in [0.1, 0.15) is 5.75 Å². The van der Waals surface area contributed by atoms with Gasteiger partial charge in [-0.25, -0.2) is 0 Å². The number of hydrogen-bond donors (Lipinski definition) is 1. The van der Waals surface area contributed by atoms with Crippen LogP contribution in [0.5, 0.6) is 5.75 Å². The summed E-state index contributed by atoms with van der Waals surface area (Å²) >= 11 is 0. The highest BCUT2D eigenvalue weighted by Gasteiger charge is 2.22. The van der Waals surface area contributed by atoms with Gasteiger partial charge in [-0.3, -0.25) is 9.69 Å². The fourth-order valence-corrected chi connectivity index (χ4v) is 4.39. The van der Waals surface area contributed by atoms with Crippen LogP contribution in [0.25, 0.3) is 22.4 Å². The molecule has 0 radical (unpaired) electrons. The van der Waals surface area contributed by atoms with Crippen molar-refractivity contribution < 1.29 is 14.3 Å². The fraction of sp³-hybridized carbons (Fsp3) is 0.269. The van der Waals surface area contributed by atoms with Gasteiger partial charge in [-0.2, -0.15) is 0 Å². The summed E-state index contributed by atoms with van der Waals surface area (Å²) in [5, 5.41) is 5.37. The largest absolute Gasteiger partial charge is 0.493 e. The molecule has 1 fully saturated rings. The molecule has 1 aliphatic carbocycles. The topological polar surface area (TPSA) is 50.8 Å². The van der Waals surface area contributed by atoms with Crippen molar-refractivity contribution in [1.29, 1.82) is 0 Å². The van der Waals surface area contributed by atoms with E-state index in [1.54, 1.807) is 0 Å². The Morgan fingerprint density at radius 3 is 2.71 bits per heavy atom. The van der Waals surface area contributed by atoms with Crippen LogP contribution in [0.4, 0.5) is 5.69 Å². The first kappa shape index (κ1) is 19.8. The van der Waals surface area contributed by atoms with Crippen LogP contribution in [-0.4, -0.2) is 43.7 Å². The van der Waals surface area contributed by atoms with E-state index in [1.807, 2.05) is 43.3 Å². The lowest BCUT2D eigenvalue weighted by molar-refractivity contribution is -0.111. The predicted molar refractivity (Wildman–Crippen MR) is 124 cm³/mol. The van der Waals surface area contributed by atoms with Gasteiger partial charge in [-0.1, -0.05) is 42.5 Å². The van der Waals surface area contributed by atoms with Crippen molar-refractivity contribution in [3.63, 3.8) is 0 Å². The molecule has 1 heterocycles. The van der Waals surface area contributed by atoms with Crippen LogP contribution in [0.15, 0.2) is 54.6 Å². The number of carbonyl (C=O) groups excluding carboxylic acids is 1. The van der Waals surface area contributed by atoms with Gasteiger partial charge in [0.25, 0.3) is 5.91 Å². The highest BCUT2D eigenvalue weighted by atomic mass is 16.5. The molecule has 158 valence electrons. The molecule has 3 aromatic carbocycles. The summed E-state index contributed by atoms with van der Waals surface area (Å²) in [5.74, 6) is 0.713. The first-order valence-electron chi connectivity index (χ1n) is 10.8. The van der Waals surface area contributed by atoms with E-state index in [9.17, 15) is 4.79 Å². The molecule has 0 atom stereocenters. The maximum absolute atomic E-state index is 13.2. The van der Waals surface area contributed by atoms with Crippen LogP contribution in [0.3, 0.4) is 0 Å². The molecule has 1 saturated heterocycles. The Morgan fingerprint density at radius 1 is 1.10 bits per heavy atom. The van der Waals surface area contributed by atoms with E-state index < -0.39 is 0 Å². The number of benzene rings is 3. The van der Waals surface area contributed by atoms with Gasteiger partial charge < -0.3 is 14.8 Å². The highest BCUT2D eigenvalue weighted by molar-refractivity contribution is 6.34. The Hall–Kier alpha value is -3.15. The molecule has 0 unspecified atom stereocenters. The second kappa shape index (κ2) is 8.53. The Balaban J connectivity index is 1.37. The SMILES string of the molecule is CCOc1cc(NC(=O)C2=Cc3cccc4cccc2c34)ccc1CN1CCOCC1. The summed E-state index contributed by atoms with van der Waals surface area (Å²) < 4.78 is 11.3. The zero-order chi connectivity index (χ0) is 21.2. The second-order valence-corrected chi connectivity index (χ2v) is 7.91. The summed E-state index contributed by atoms with van der Waals surface area (Å²) in [7, 11) is 0. The van der Waals surface area contributed by atoms with Crippen molar-refractivity contribution in [2.45, 2.75) is 13.5 Å². The molecule has 0 saturated carbocycles. The van der Waals surface area contributed by atoms with Crippen molar-refractivity contribution in [1.82, 2.24) is 4.90 Å². The molecule has 0 aromatic heterocycles. The number of ether oxygens (including phenoxy) is 2. The monoisotopic (exact) mass is 414 g/mol. The minimum absolute atomic E-state index is 0.105. The minimum Gasteiger partial charge on any atom is -0.493 e. The van der Waals surface area contributed by atoms with Gasteiger partial charge in [-0.15, -0.1) is 0 Å². The van der Waals surface area contributed by atoms with Gasteiger partial charge in [0.2, 0.25) is 0 Å². The normalized spacial score (nSPS) is 15.7. The van der Waals surface area contributed by atoms with Crippen molar-refractivity contribution in [3.05, 3.63) is 71.3 Å². The van der Waals surface area contributed by atoms with Crippen LogP contribution >= 0.6 is 0 Å². The van der Waals surface area contributed by atoms with Crippen molar-refractivity contribution >= 4 is 34.0 Å². The number of rotatable bonds is 6. The minimum atomic E-state index is -0.105. The number of amides is 1. The third kappa shape index (κ3) is 3.94. The lowest BCUT2D eigenvalue weighted by Gasteiger charge is -2.27. The quantitative estimate of drug-likeness (QED) is 0.642. The molecular weight excluding hydrogens is 388 g/mol. The Morgan fingerprint density at radius 2 is 1.90 bits per heavy atom. The van der Waals surface area contributed by atoms with Crippen molar-refractivity contribution in [3.8, 4) is 5.75 Å². The molecule has 5 heteroatoms. The van der Waals surface area contributed by atoms with Crippen LogP contribution in [0.1, 0.15) is 23.6 Å². The summed E-state index contributed by atoms with van der Waals surface area (Å²) in [6.07, 6.45) is 1.98. The first-order chi connectivity index (χ1) is 15.2. The molecule has 5 nitrogen and oxygen atoms in total. The molecule has 0 spiro atoms. The third-order valence-electron chi connectivity index (χ3n) is 5.89. The Kier molecular flexibility index (Phi) is 5.45. The number of hydrogen-bond acceptors (Lipinski definition) is 4. The molecule has 2 aliphatic rings.